The molecule has 0 aliphatic carbocycles. The van der Waals surface area contributed by atoms with Crippen LogP contribution in [-0.4, -0.2) is 5.11 Å². The van der Waals surface area contributed by atoms with Gasteiger partial charge in [0, 0.05) is 12.8 Å². The van der Waals surface area contributed by atoms with E-state index >= 15 is 0 Å². The van der Waals surface area contributed by atoms with Crippen LogP contribution in [0.4, 0.5) is 0 Å². The first kappa shape index (κ1) is 12.9. The summed E-state index contributed by atoms with van der Waals surface area (Å²) in [6.07, 6.45) is 1.94. The van der Waals surface area contributed by atoms with Gasteiger partial charge >= 0.3 is 0 Å². The monoisotopic (exact) mass is 244 g/mol. The van der Waals surface area contributed by atoms with Gasteiger partial charge in [-0.05, 0) is 29.7 Å². The molecule has 0 fully saturated rings. The van der Waals surface area contributed by atoms with Gasteiger partial charge in [0.05, 0.1) is 0 Å². The lowest BCUT2D eigenvalue weighted by molar-refractivity contribution is 0.148. The van der Waals surface area contributed by atoms with Crippen molar-refractivity contribution in [1.29, 1.82) is 0 Å². The molecule has 18 heavy (non-hydrogen) atoms. The average molecular weight is 244 g/mol. The standard InChI is InChI=1S/C16H20O2/c1-3-12-5-7-13(8-6-12)11-15(17)16-10-9-14(4-2)18-16/h5-10,15,17H,3-4,11H2,1-2H3. The summed E-state index contributed by atoms with van der Waals surface area (Å²) in [5, 5.41) is 10.1. The first-order valence-electron chi connectivity index (χ1n) is 6.57. The Morgan fingerprint density at radius 3 is 2.17 bits per heavy atom. The average Bonchev–Trinajstić information content (AvgIpc) is 2.88. The summed E-state index contributed by atoms with van der Waals surface area (Å²) in [6, 6.07) is 12.2. The van der Waals surface area contributed by atoms with Crippen molar-refractivity contribution in [2.24, 2.45) is 0 Å². The number of rotatable bonds is 5. The van der Waals surface area contributed by atoms with E-state index in [0.717, 1.165) is 24.2 Å². The van der Waals surface area contributed by atoms with Crippen LogP contribution in [-0.2, 0) is 19.3 Å². The van der Waals surface area contributed by atoms with Crippen LogP contribution in [0.5, 0.6) is 0 Å². The predicted molar refractivity (Wildman–Crippen MR) is 72.6 cm³/mol. The molecule has 1 unspecified atom stereocenters. The van der Waals surface area contributed by atoms with Gasteiger partial charge < -0.3 is 9.52 Å². The van der Waals surface area contributed by atoms with Crippen LogP contribution in [0, 0.1) is 0 Å². The van der Waals surface area contributed by atoms with Crippen LogP contribution in [0.1, 0.15) is 42.6 Å². The number of aryl methyl sites for hydroxylation is 2. The molecule has 0 aliphatic rings. The van der Waals surface area contributed by atoms with Crippen molar-refractivity contribution in [3.05, 3.63) is 59.0 Å². The molecule has 0 aliphatic heterocycles. The highest BCUT2D eigenvalue weighted by Gasteiger charge is 2.12. The summed E-state index contributed by atoms with van der Waals surface area (Å²) in [5.74, 6) is 1.58. The Hall–Kier alpha value is -1.54. The molecular weight excluding hydrogens is 224 g/mol. The molecule has 1 heterocycles. The number of hydrogen-bond acceptors (Lipinski definition) is 2. The maximum atomic E-state index is 10.1. The largest absolute Gasteiger partial charge is 0.463 e. The van der Waals surface area contributed by atoms with E-state index in [1.165, 1.54) is 5.56 Å². The van der Waals surface area contributed by atoms with Crippen LogP contribution in [0.25, 0.3) is 0 Å². The van der Waals surface area contributed by atoms with Crippen LogP contribution < -0.4 is 0 Å². The first-order chi connectivity index (χ1) is 8.72. The van der Waals surface area contributed by atoms with Gasteiger partial charge in [-0.3, -0.25) is 0 Å². The van der Waals surface area contributed by atoms with E-state index in [0.29, 0.717) is 12.2 Å². The van der Waals surface area contributed by atoms with E-state index in [4.69, 9.17) is 4.42 Å². The van der Waals surface area contributed by atoms with Gasteiger partial charge in [-0.25, -0.2) is 0 Å². The third-order valence-electron chi connectivity index (χ3n) is 3.22. The molecule has 2 nitrogen and oxygen atoms in total. The molecular formula is C16H20O2. The molecule has 96 valence electrons. The second-order valence-corrected chi connectivity index (χ2v) is 4.55. The zero-order valence-electron chi connectivity index (χ0n) is 11.0. The third-order valence-corrected chi connectivity index (χ3v) is 3.22. The number of aliphatic hydroxyl groups excluding tert-OH is 1. The lowest BCUT2D eigenvalue weighted by Crippen LogP contribution is -2.00. The van der Waals surface area contributed by atoms with Crippen molar-refractivity contribution in [1.82, 2.24) is 0 Å². The Morgan fingerprint density at radius 1 is 0.944 bits per heavy atom. The molecule has 0 spiro atoms. The Labute approximate surface area is 108 Å². The zero-order chi connectivity index (χ0) is 13.0. The van der Waals surface area contributed by atoms with E-state index < -0.39 is 6.10 Å². The maximum absolute atomic E-state index is 10.1. The highest BCUT2D eigenvalue weighted by atomic mass is 16.4. The number of benzene rings is 1. The number of furan rings is 1. The van der Waals surface area contributed by atoms with E-state index in [-0.39, 0.29) is 0 Å². The molecule has 0 radical (unpaired) electrons. The van der Waals surface area contributed by atoms with Crippen molar-refractivity contribution in [3.8, 4) is 0 Å². The highest BCUT2D eigenvalue weighted by Crippen LogP contribution is 2.21. The Bertz CT molecular complexity index is 482. The fourth-order valence-corrected chi connectivity index (χ4v) is 2.00. The lowest BCUT2D eigenvalue weighted by atomic mass is 10.0. The molecule has 2 aromatic rings. The second-order valence-electron chi connectivity index (χ2n) is 4.55. The van der Waals surface area contributed by atoms with Crippen molar-refractivity contribution in [2.45, 2.75) is 39.2 Å². The molecule has 1 aromatic heterocycles. The van der Waals surface area contributed by atoms with Crippen LogP contribution in [0.15, 0.2) is 40.8 Å². The summed E-state index contributed by atoms with van der Waals surface area (Å²) in [5.41, 5.74) is 2.45. The predicted octanol–water partition coefficient (Wildman–Crippen LogP) is 3.68. The Balaban J connectivity index is 2.03. The van der Waals surface area contributed by atoms with Crippen LogP contribution >= 0.6 is 0 Å². The van der Waals surface area contributed by atoms with Crippen molar-refractivity contribution >= 4 is 0 Å². The molecule has 1 N–H and O–H groups in total. The third kappa shape index (κ3) is 3.02. The fourth-order valence-electron chi connectivity index (χ4n) is 2.00. The van der Waals surface area contributed by atoms with Gasteiger partial charge in [0.25, 0.3) is 0 Å². The minimum absolute atomic E-state index is 0.558. The molecule has 0 amide bonds. The topological polar surface area (TPSA) is 33.4 Å². The van der Waals surface area contributed by atoms with Gasteiger partial charge in [0.1, 0.15) is 17.6 Å². The van der Waals surface area contributed by atoms with Crippen LogP contribution in [0.3, 0.4) is 0 Å². The SMILES string of the molecule is CCc1ccc(CC(O)c2ccc(CC)o2)cc1. The van der Waals surface area contributed by atoms with Gasteiger partial charge in [-0.15, -0.1) is 0 Å². The van der Waals surface area contributed by atoms with E-state index in [1.54, 1.807) is 0 Å². The molecule has 0 saturated heterocycles. The summed E-state index contributed by atoms with van der Waals surface area (Å²) >= 11 is 0. The second kappa shape index (κ2) is 5.87. The molecule has 1 atom stereocenters. The quantitative estimate of drug-likeness (QED) is 0.870. The number of hydrogen-bond donors (Lipinski definition) is 1. The minimum atomic E-state index is -0.558. The van der Waals surface area contributed by atoms with Gasteiger partial charge in [-0.2, -0.15) is 0 Å². The highest BCUT2D eigenvalue weighted by molar-refractivity contribution is 5.24. The lowest BCUT2D eigenvalue weighted by Gasteiger charge is -2.08. The first-order valence-corrected chi connectivity index (χ1v) is 6.57. The van der Waals surface area contributed by atoms with Crippen molar-refractivity contribution in [3.63, 3.8) is 0 Å². The Kier molecular flexibility index (Phi) is 4.21. The molecule has 2 heteroatoms. The summed E-state index contributed by atoms with van der Waals surface area (Å²) < 4.78 is 5.56. The van der Waals surface area contributed by atoms with E-state index in [9.17, 15) is 5.11 Å². The normalized spacial score (nSPS) is 12.6. The van der Waals surface area contributed by atoms with E-state index in [2.05, 4.69) is 31.2 Å². The molecule has 0 saturated carbocycles. The minimum Gasteiger partial charge on any atom is -0.463 e. The van der Waals surface area contributed by atoms with Gasteiger partial charge in [0.2, 0.25) is 0 Å². The van der Waals surface area contributed by atoms with E-state index in [1.807, 2.05) is 19.1 Å². The molecule has 1 aromatic carbocycles. The van der Waals surface area contributed by atoms with Gasteiger partial charge in [0.15, 0.2) is 0 Å². The summed E-state index contributed by atoms with van der Waals surface area (Å²) in [7, 11) is 0. The Morgan fingerprint density at radius 2 is 1.61 bits per heavy atom. The summed E-state index contributed by atoms with van der Waals surface area (Å²) in [6.45, 7) is 4.18. The van der Waals surface area contributed by atoms with Crippen LogP contribution in [0.2, 0.25) is 0 Å². The maximum Gasteiger partial charge on any atom is 0.133 e. The summed E-state index contributed by atoms with van der Waals surface area (Å²) in [4.78, 5) is 0. The van der Waals surface area contributed by atoms with Gasteiger partial charge in [-0.1, -0.05) is 38.1 Å². The smallest absolute Gasteiger partial charge is 0.133 e. The van der Waals surface area contributed by atoms with Crippen molar-refractivity contribution < 1.29 is 9.52 Å². The zero-order valence-corrected chi connectivity index (χ0v) is 11.0. The fraction of sp³-hybridized carbons (Fsp3) is 0.375. The molecule has 0 bridgehead atoms. The van der Waals surface area contributed by atoms with Crippen molar-refractivity contribution in [2.75, 3.05) is 0 Å². The number of aliphatic hydroxyl groups is 1. The molecule has 2 rings (SSSR count).